The van der Waals surface area contributed by atoms with Gasteiger partial charge >= 0.3 is 0 Å². The molecule has 0 saturated heterocycles. The van der Waals surface area contributed by atoms with E-state index in [1.54, 1.807) is 38.6 Å². The van der Waals surface area contributed by atoms with Gasteiger partial charge in [-0.3, -0.25) is 4.79 Å². The van der Waals surface area contributed by atoms with E-state index in [1.165, 1.54) is 6.92 Å². The predicted octanol–water partition coefficient (Wildman–Crippen LogP) is 4.18. The zero-order valence-corrected chi connectivity index (χ0v) is 15.3. The van der Waals surface area contributed by atoms with Crippen molar-refractivity contribution in [3.05, 3.63) is 60.3 Å². The average Bonchev–Trinajstić information content (AvgIpc) is 2.68. The molecule has 0 amide bonds. The molecule has 27 heavy (non-hydrogen) atoms. The summed E-state index contributed by atoms with van der Waals surface area (Å²) in [6.07, 6.45) is 1.66. The Morgan fingerprint density at radius 3 is 2.26 bits per heavy atom. The summed E-state index contributed by atoms with van der Waals surface area (Å²) in [5, 5.41) is 6.33. The van der Waals surface area contributed by atoms with Crippen molar-refractivity contribution in [3.63, 3.8) is 0 Å². The summed E-state index contributed by atoms with van der Waals surface area (Å²) < 4.78 is 10.6. The summed E-state index contributed by atoms with van der Waals surface area (Å²) in [6.45, 7) is 1.54. The van der Waals surface area contributed by atoms with Crippen LogP contribution in [0.5, 0.6) is 11.5 Å². The highest BCUT2D eigenvalue weighted by atomic mass is 16.5. The Morgan fingerprint density at radius 1 is 0.889 bits per heavy atom. The van der Waals surface area contributed by atoms with Gasteiger partial charge in [0.05, 0.1) is 14.2 Å². The molecule has 0 spiro atoms. The molecule has 0 saturated carbocycles. The molecule has 7 nitrogen and oxygen atoms in total. The minimum atomic E-state index is 0.0268. The van der Waals surface area contributed by atoms with Crippen molar-refractivity contribution >= 4 is 28.9 Å². The normalized spacial score (nSPS) is 10.2. The Balaban J connectivity index is 1.74. The summed E-state index contributed by atoms with van der Waals surface area (Å²) >= 11 is 0. The second-order valence-electron chi connectivity index (χ2n) is 5.72. The predicted molar refractivity (Wildman–Crippen MR) is 105 cm³/mol. The summed E-state index contributed by atoms with van der Waals surface area (Å²) in [5.41, 5.74) is 2.26. The smallest absolute Gasteiger partial charge is 0.229 e. The number of ether oxygens (including phenoxy) is 2. The molecule has 3 rings (SSSR count). The first-order chi connectivity index (χ1) is 13.1. The Labute approximate surface area is 157 Å². The van der Waals surface area contributed by atoms with Crippen molar-refractivity contribution < 1.29 is 14.3 Å². The van der Waals surface area contributed by atoms with Crippen LogP contribution in [0.1, 0.15) is 17.3 Å². The maximum atomic E-state index is 11.3. The lowest BCUT2D eigenvalue weighted by atomic mass is 10.1. The number of ketones is 1. The second-order valence-corrected chi connectivity index (χ2v) is 5.72. The van der Waals surface area contributed by atoms with E-state index >= 15 is 0 Å². The molecule has 0 aliphatic rings. The molecule has 3 aromatic rings. The van der Waals surface area contributed by atoms with Gasteiger partial charge in [0.15, 0.2) is 17.3 Å². The lowest BCUT2D eigenvalue weighted by Gasteiger charge is -2.11. The third kappa shape index (κ3) is 4.52. The van der Waals surface area contributed by atoms with Crippen LogP contribution in [0.15, 0.2) is 54.7 Å². The van der Waals surface area contributed by atoms with Crippen molar-refractivity contribution in [2.75, 3.05) is 24.9 Å². The summed E-state index contributed by atoms with van der Waals surface area (Å²) in [5.74, 6) is 2.37. The van der Waals surface area contributed by atoms with E-state index in [0.29, 0.717) is 28.8 Å². The van der Waals surface area contributed by atoms with E-state index in [4.69, 9.17) is 9.47 Å². The number of methoxy groups -OCH3 is 2. The van der Waals surface area contributed by atoms with Crippen molar-refractivity contribution in [2.45, 2.75) is 6.92 Å². The number of hydrogen-bond donors (Lipinski definition) is 2. The van der Waals surface area contributed by atoms with E-state index in [0.717, 1.165) is 11.4 Å². The molecular weight excluding hydrogens is 344 g/mol. The van der Waals surface area contributed by atoms with E-state index in [-0.39, 0.29) is 5.78 Å². The number of hydrogen-bond acceptors (Lipinski definition) is 7. The number of anilines is 4. The lowest BCUT2D eigenvalue weighted by Crippen LogP contribution is -2.01. The number of benzene rings is 2. The Morgan fingerprint density at radius 2 is 1.59 bits per heavy atom. The van der Waals surface area contributed by atoms with E-state index in [2.05, 4.69) is 20.6 Å². The highest BCUT2D eigenvalue weighted by molar-refractivity contribution is 5.94. The minimum Gasteiger partial charge on any atom is -0.493 e. The third-order valence-corrected chi connectivity index (χ3v) is 3.86. The zero-order chi connectivity index (χ0) is 19.2. The molecule has 138 valence electrons. The van der Waals surface area contributed by atoms with Crippen LogP contribution in [0, 0.1) is 0 Å². The molecule has 0 aliphatic carbocycles. The van der Waals surface area contributed by atoms with E-state index in [1.807, 2.05) is 30.3 Å². The van der Waals surface area contributed by atoms with Gasteiger partial charge in [0.2, 0.25) is 5.95 Å². The molecule has 2 aromatic carbocycles. The fourth-order valence-corrected chi connectivity index (χ4v) is 2.47. The zero-order valence-electron chi connectivity index (χ0n) is 15.3. The largest absolute Gasteiger partial charge is 0.493 e. The van der Waals surface area contributed by atoms with E-state index in [9.17, 15) is 4.79 Å². The minimum absolute atomic E-state index is 0.0268. The molecule has 2 N–H and O–H groups in total. The maximum absolute atomic E-state index is 11.3. The lowest BCUT2D eigenvalue weighted by molar-refractivity contribution is 0.101. The molecule has 7 heteroatoms. The molecule has 1 heterocycles. The van der Waals surface area contributed by atoms with Crippen LogP contribution in [0.4, 0.5) is 23.1 Å². The van der Waals surface area contributed by atoms with Crippen molar-refractivity contribution in [1.29, 1.82) is 0 Å². The number of nitrogens with one attached hydrogen (secondary N) is 2. The molecule has 0 bridgehead atoms. The highest BCUT2D eigenvalue weighted by Crippen LogP contribution is 2.30. The van der Waals surface area contributed by atoms with Crippen molar-refractivity contribution in [1.82, 2.24) is 9.97 Å². The van der Waals surface area contributed by atoms with Gasteiger partial charge in [-0.05, 0) is 49.4 Å². The number of carbonyl (C=O) groups excluding carboxylic acids is 1. The Bertz CT molecular complexity index is 942. The van der Waals surface area contributed by atoms with E-state index < -0.39 is 0 Å². The quantitative estimate of drug-likeness (QED) is 0.608. The fourth-order valence-electron chi connectivity index (χ4n) is 2.47. The molecule has 0 radical (unpaired) electrons. The fraction of sp³-hybridized carbons (Fsp3) is 0.150. The first-order valence-corrected chi connectivity index (χ1v) is 8.29. The van der Waals surface area contributed by atoms with Crippen molar-refractivity contribution in [3.8, 4) is 11.5 Å². The van der Waals surface area contributed by atoms with Crippen LogP contribution >= 0.6 is 0 Å². The monoisotopic (exact) mass is 364 g/mol. The average molecular weight is 364 g/mol. The molecule has 0 fully saturated rings. The van der Waals surface area contributed by atoms with Gasteiger partial charge < -0.3 is 20.1 Å². The summed E-state index contributed by atoms with van der Waals surface area (Å²) in [7, 11) is 3.18. The molecule has 0 unspecified atom stereocenters. The number of carbonyl (C=O) groups is 1. The topological polar surface area (TPSA) is 85.4 Å². The third-order valence-electron chi connectivity index (χ3n) is 3.86. The maximum Gasteiger partial charge on any atom is 0.229 e. The molecule has 1 aromatic heterocycles. The first kappa shape index (κ1) is 18.2. The van der Waals surface area contributed by atoms with Gasteiger partial charge in [-0.25, -0.2) is 4.98 Å². The van der Waals surface area contributed by atoms with Crippen LogP contribution in [-0.2, 0) is 0 Å². The highest BCUT2D eigenvalue weighted by Gasteiger charge is 2.06. The van der Waals surface area contributed by atoms with Gasteiger partial charge in [-0.1, -0.05) is 0 Å². The van der Waals surface area contributed by atoms with Gasteiger partial charge in [-0.15, -0.1) is 0 Å². The van der Waals surface area contributed by atoms with Crippen LogP contribution in [0.25, 0.3) is 0 Å². The standard InChI is InChI=1S/C20H20N4O3/c1-13(25)14-4-6-15(7-5-14)23-20-21-11-10-19(24-20)22-16-8-9-17(26-2)18(12-16)27-3/h4-12H,1-3H3,(H2,21,22,23,24). The second kappa shape index (κ2) is 8.18. The molecule has 0 atom stereocenters. The van der Waals surface area contributed by atoms with Crippen LogP contribution < -0.4 is 20.1 Å². The van der Waals surface area contributed by atoms with Crippen LogP contribution in [0.3, 0.4) is 0 Å². The van der Waals surface area contributed by atoms with Gasteiger partial charge in [0.1, 0.15) is 5.82 Å². The molecule has 0 aliphatic heterocycles. The SMILES string of the molecule is COc1ccc(Nc2ccnc(Nc3ccc(C(C)=O)cc3)n2)cc1OC. The number of aromatic nitrogens is 2. The first-order valence-electron chi connectivity index (χ1n) is 8.29. The van der Waals surface area contributed by atoms with Gasteiger partial charge in [0.25, 0.3) is 0 Å². The Kier molecular flexibility index (Phi) is 5.51. The number of rotatable bonds is 7. The van der Waals surface area contributed by atoms with Gasteiger partial charge in [0, 0.05) is 29.2 Å². The molecular formula is C20H20N4O3. The number of Topliss-reactive ketones (excluding diaryl/α,β-unsaturated/α-hetero) is 1. The number of nitrogens with zero attached hydrogens (tertiary/aromatic N) is 2. The Hall–Kier alpha value is -3.61. The summed E-state index contributed by atoms with van der Waals surface area (Å²) in [6, 6.07) is 14.4. The summed E-state index contributed by atoms with van der Waals surface area (Å²) in [4.78, 5) is 20.0. The van der Waals surface area contributed by atoms with Crippen molar-refractivity contribution in [2.24, 2.45) is 0 Å². The van der Waals surface area contributed by atoms with Crippen LogP contribution in [-0.4, -0.2) is 30.0 Å². The van der Waals surface area contributed by atoms with Crippen LogP contribution in [0.2, 0.25) is 0 Å². The van der Waals surface area contributed by atoms with Gasteiger partial charge in [-0.2, -0.15) is 4.98 Å².